The van der Waals surface area contributed by atoms with Crippen molar-refractivity contribution in [3.8, 4) is 0 Å². The second-order valence-corrected chi connectivity index (χ2v) is 3.24. The highest BCUT2D eigenvalue weighted by Gasteiger charge is 1.92. The van der Waals surface area contributed by atoms with Gasteiger partial charge in [0.05, 0.1) is 5.70 Å². The third kappa shape index (κ3) is 6.19. The van der Waals surface area contributed by atoms with Gasteiger partial charge >= 0.3 is 0 Å². The molecule has 0 amide bonds. The van der Waals surface area contributed by atoms with Crippen LogP contribution in [0.4, 0.5) is 0 Å². The van der Waals surface area contributed by atoms with Crippen LogP contribution in [-0.4, -0.2) is 4.43 Å². The summed E-state index contributed by atoms with van der Waals surface area (Å²) >= 11 is 2.35. The Morgan fingerprint density at radius 2 is 2.10 bits per heavy atom. The average molecular weight is 253 g/mol. The van der Waals surface area contributed by atoms with E-state index >= 15 is 0 Å². The summed E-state index contributed by atoms with van der Waals surface area (Å²) in [6.07, 6.45) is 4.22. The van der Waals surface area contributed by atoms with E-state index in [-0.39, 0.29) is 0 Å². The molecule has 0 spiro atoms. The Balaban J connectivity index is 3.03. The van der Waals surface area contributed by atoms with Crippen LogP contribution in [0, 0.1) is 4.91 Å². The Kier molecular flexibility index (Phi) is 7.23. The number of nitroso groups, excluding NO2 is 1. The first-order valence-corrected chi connectivity index (χ1v) is 4.91. The summed E-state index contributed by atoms with van der Waals surface area (Å²) in [7, 11) is 0. The molecule has 0 aromatic heterocycles. The van der Waals surface area contributed by atoms with Gasteiger partial charge in [-0.1, -0.05) is 35.6 Å². The van der Waals surface area contributed by atoms with Crippen LogP contribution in [0.3, 0.4) is 0 Å². The standard InChI is InChI=1S/C7H12INO/c1-7(9-10)5-3-2-4-6-8/h1-6H2. The first-order chi connectivity index (χ1) is 4.81. The molecule has 10 heavy (non-hydrogen) atoms. The van der Waals surface area contributed by atoms with Crippen molar-refractivity contribution < 1.29 is 0 Å². The fourth-order valence-electron chi connectivity index (χ4n) is 0.646. The summed E-state index contributed by atoms with van der Waals surface area (Å²) < 4.78 is 1.19. The lowest BCUT2D eigenvalue weighted by atomic mass is 10.2. The molecule has 0 aliphatic carbocycles. The predicted molar refractivity (Wildman–Crippen MR) is 52.3 cm³/mol. The highest BCUT2D eigenvalue weighted by molar-refractivity contribution is 14.1. The van der Waals surface area contributed by atoms with E-state index in [2.05, 4.69) is 34.3 Å². The van der Waals surface area contributed by atoms with Crippen LogP contribution < -0.4 is 0 Å². The zero-order valence-electron chi connectivity index (χ0n) is 5.98. The number of alkyl halides is 1. The molecule has 0 rings (SSSR count). The molecule has 0 aliphatic heterocycles. The molecule has 0 radical (unpaired) electrons. The second-order valence-electron chi connectivity index (χ2n) is 2.16. The lowest BCUT2D eigenvalue weighted by Crippen LogP contribution is -1.79. The lowest BCUT2D eigenvalue weighted by Gasteiger charge is -1.94. The quantitative estimate of drug-likeness (QED) is 0.309. The van der Waals surface area contributed by atoms with Gasteiger partial charge in [-0.2, -0.15) is 0 Å². The van der Waals surface area contributed by atoms with Crippen molar-refractivity contribution >= 4 is 22.6 Å². The summed E-state index contributed by atoms with van der Waals surface area (Å²) in [5, 5.41) is 2.74. The van der Waals surface area contributed by atoms with Crippen molar-refractivity contribution in [2.75, 3.05) is 4.43 Å². The minimum absolute atomic E-state index is 0.480. The van der Waals surface area contributed by atoms with Gasteiger partial charge < -0.3 is 0 Å². The molecule has 0 aromatic rings. The van der Waals surface area contributed by atoms with Gasteiger partial charge in [-0.3, -0.25) is 0 Å². The molecule has 0 heterocycles. The third-order valence-electron chi connectivity index (χ3n) is 1.23. The van der Waals surface area contributed by atoms with E-state index in [9.17, 15) is 4.91 Å². The fraction of sp³-hybridized carbons (Fsp3) is 0.714. The van der Waals surface area contributed by atoms with Crippen LogP contribution in [0.1, 0.15) is 25.7 Å². The molecular weight excluding hydrogens is 241 g/mol. The van der Waals surface area contributed by atoms with Crippen LogP contribution in [-0.2, 0) is 0 Å². The van der Waals surface area contributed by atoms with Crippen molar-refractivity contribution in [2.24, 2.45) is 5.18 Å². The fourth-order valence-corrected chi connectivity index (χ4v) is 1.19. The molecule has 0 unspecified atom stereocenters. The molecule has 0 aliphatic rings. The van der Waals surface area contributed by atoms with Gasteiger partial charge in [0.15, 0.2) is 0 Å². The topological polar surface area (TPSA) is 29.4 Å². The third-order valence-corrected chi connectivity index (χ3v) is 1.99. The van der Waals surface area contributed by atoms with Crippen LogP contribution in [0.15, 0.2) is 17.5 Å². The summed E-state index contributed by atoms with van der Waals surface area (Å²) in [5.74, 6) is 0. The molecule has 0 saturated carbocycles. The summed E-state index contributed by atoms with van der Waals surface area (Å²) in [6.45, 7) is 3.49. The van der Waals surface area contributed by atoms with E-state index in [1.54, 1.807) is 0 Å². The van der Waals surface area contributed by atoms with Crippen molar-refractivity contribution in [3.63, 3.8) is 0 Å². The number of allylic oxidation sites excluding steroid dienone is 1. The van der Waals surface area contributed by atoms with E-state index in [4.69, 9.17) is 0 Å². The van der Waals surface area contributed by atoms with E-state index in [0.717, 1.165) is 12.8 Å². The Hall–Kier alpha value is 0.0700. The van der Waals surface area contributed by atoms with Gasteiger partial charge in [-0.15, -0.1) is 4.91 Å². The SMILES string of the molecule is C=C(CCCCCI)N=O. The number of rotatable bonds is 6. The summed E-state index contributed by atoms with van der Waals surface area (Å²) in [4.78, 5) is 9.82. The predicted octanol–water partition coefficient (Wildman–Crippen LogP) is 3.26. The monoisotopic (exact) mass is 253 g/mol. The largest absolute Gasteiger partial charge is 0.145 e. The molecule has 0 aromatic carbocycles. The summed E-state index contributed by atoms with van der Waals surface area (Å²) in [6, 6.07) is 0. The molecule has 3 heteroatoms. The smallest absolute Gasteiger partial charge is 0.0777 e. The average Bonchev–Trinajstić information content (AvgIpc) is 1.98. The van der Waals surface area contributed by atoms with Gasteiger partial charge in [0.2, 0.25) is 0 Å². The van der Waals surface area contributed by atoms with Gasteiger partial charge in [-0.25, -0.2) is 0 Å². The van der Waals surface area contributed by atoms with E-state index in [0.29, 0.717) is 5.70 Å². The zero-order chi connectivity index (χ0) is 7.82. The highest BCUT2D eigenvalue weighted by Crippen LogP contribution is 2.08. The van der Waals surface area contributed by atoms with Gasteiger partial charge in [0.25, 0.3) is 0 Å². The first kappa shape index (κ1) is 10.1. The Morgan fingerprint density at radius 3 is 2.60 bits per heavy atom. The molecule has 0 N–H and O–H groups in total. The minimum atomic E-state index is 0.480. The molecule has 0 saturated heterocycles. The molecule has 58 valence electrons. The highest BCUT2D eigenvalue weighted by atomic mass is 127. The number of hydrogen-bond acceptors (Lipinski definition) is 2. The van der Waals surface area contributed by atoms with E-state index in [1.165, 1.54) is 17.3 Å². The van der Waals surface area contributed by atoms with Gasteiger partial charge in [0.1, 0.15) is 0 Å². The Bertz CT molecular complexity index is 114. The first-order valence-electron chi connectivity index (χ1n) is 3.38. The molecule has 0 atom stereocenters. The second kappa shape index (κ2) is 7.18. The maximum atomic E-state index is 9.82. The maximum Gasteiger partial charge on any atom is 0.0777 e. The van der Waals surface area contributed by atoms with Crippen molar-refractivity contribution in [3.05, 3.63) is 17.2 Å². The van der Waals surface area contributed by atoms with Crippen molar-refractivity contribution in [2.45, 2.75) is 25.7 Å². The maximum absolute atomic E-state index is 9.82. The van der Waals surface area contributed by atoms with Crippen LogP contribution in [0.25, 0.3) is 0 Å². The minimum Gasteiger partial charge on any atom is -0.145 e. The lowest BCUT2D eigenvalue weighted by molar-refractivity contribution is 0.719. The van der Waals surface area contributed by atoms with Crippen LogP contribution in [0.5, 0.6) is 0 Å². The number of hydrogen-bond donors (Lipinski definition) is 0. The molecular formula is C7H12INO. The van der Waals surface area contributed by atoms with Gasteiger partial charge in [0, 0.05) is 0 Å². The number of nitrogens with zero attached hydrogens (tertiary/aromatic N) is 1. The van der Waals surface area contributed by atoms with Gasteiger partial charge in [-0.05, 0) is 28.9 Å². The van der Waals surface area contributed by atoms with E-state index in [1.807, 2.05) is 0 Å². The van der Waals surface area contributed by atoms with Crippen LogP contribution >= 0.6 is 22.6 Å². The Morgan fingerprint density at radius 1 is 1.40 bits per heavy atom. The number of halogens is 1. The normalized spacial score (nSPS) is 9.30. The van der Waals surface area contributed by atoms with Crippen molar-refractivity contribution in [1.29, 1.82) is 0 Å². The van der Waals surface area contributed by atoms with Crippen molar-refractivity contribution in [1.82, 2.24) is 0 Å². The van der Waals surface area contributed by atoms with Crippen LogP contribution in [0.2, 0.25) is 0 Å². The molecule has 0 bridgehead atoms. The summed E-state index contributed by atoms with van der Waals surface area (Å²) in [5.41, 5.74) is 0.480. The van der Waals surface area contributed by atoms with E-state index < -0.39 is 0 Å². The molecule has 0 fully saturated rings. The Labute approximate surface area is 75.2 Å². The zero-order valence-corrected chi connectivity index (χ0v) is 8.13. The number of unbranched alkanes of at least 4 members (excludes halogenated alkanes) is 2. The molecule has 2 nitrogen and oxygen atoms in total.